The fourth-order valence-corrected chi connectivity index (χ4v) is 2.92. The Labute approximate surface area is 120 Å². The maximum atomic E-state index is 12.5. The maximum Gasteiger partial charge on any atom is 0.322 e. The summed E-state index contributed by atoms with van der Waals surface area (Å²) >= 11 is 0. The maximum absolute atomic E-state index is 12.5. The molecule has 2 heterocycles. The Morgan fingerprint density at radius 1 is 1.25 bits per heavy atom. The number of carbonyl (C=O) groups is 2. The lowest BCUT2D eigenvalue weighted by Gasteiger charge is -2.37. The van der Waals surface area contributed by atoms with Crippen molar-refractivity contribution in [3.8, 4) is 0 Å². The van der Waals surface area contributed by atoms with Gasteiger partial charge >= 0.3 is 5.97 Å². The van der Waals surface area contributed by atoms with Crippen LogP contribution in [0.5, 0.6) is 0 Å². The number of carbonyl (C=O) groups excluding carboxylic acids is 2. The van der Waals surface area contributed by atoms with Gasteiger partial charge in [0, 0.05) is 19.6 Å². The van der Waals surface area contributed by atoms with E-state index < -0.39 is 0 Å². The first-order valence-corrected chi connectivity index (χ1v) is 7.32. The molecule has 2 fully saturated rings. The lowest BCUT2D eigenvalue weighted by Crippen LogP contribution is -2.51. The minimum Gasteiger partial charge on any atom is -0.468 e. The second-order valence-corrected chi connectivity index (χ2v) is 5.47. The Hall–Kier alpha value is -1.14. The Balaban J connectivity index is 1.92. The van der Waals surface area contributed by atoms with Crippen LogP contribution in [0, 0.1) is 5.92 Å². The van der Waals surface area contributed by atoms with Crippen molar-refractivity contribution in [2.24, 2.45) is 5.92 Å². The molecule has 2 atom stereocenters. The van der Waals surface area contributed by atoms with Crippen LogP contribution in [-0.4, -0.2) is 74.2 Å². The van der Waals surface area contributed by atoms with Crippen LogP contribution in [0.3, 0.4) is 0 Å². The number of piperidine rings is 1. The van der Waals surface area contributed by atoms with Crippen LogP contribution in [0.25, 0.3) is 0 Å². The van der Waals surface area contributed by atoms with Gasteiger partial charge in [-0.1, -0.05) is 0 Å². The van der Waals surface area contributed by atoms with Gasteiger partial charge < -0.3 is 14.4 Å². The highest BCUT2D eigenvalue weighted by molar-refractivity contribution is 5.79. The molecule has 0 aromatic carbocycles. The smallest absolute Gasteiger partial charge is 0.322 e. The summed E-state index contributed by atoms with van der Waals surface area (Å²) < 4.78 is 10.1. The third-order valence-corrected chi connectivity index (χ3v) is 4.21. The fraction of sp³-hybridized carbons (Fsp3) is 0.857. The van der Waals surface area contributed by atoms with Crippen molar-refractivity contribution in [3.63, 3.8) is 0 Å². The summed E-state index contributed by atoms with van der Waals surface area (Å²) in [5.74, 6) is -0.0338. The number of rotatable bonds is 3. The minimum atomic E-state index is -0.278. The molecule has 20 heavy (non-hydrogen) atoms. The van der Waals surface area contributed by atoms with E-state index in [2.05, 4.69) is 4.90 Å². The molecule has 0 radical (unpaired) electrons. The van der Waals surface area contributed by atoms with E-state index in [-0.39, 0.29) is 23.8 Å². The molecule has 0 aromatic rings. The molecular formula is C14H24N2O4. The van der Waals surface area contributed by atoms with Gasteiger partial charge in [-0.25, -0.2) is 0 Å². The highest BCUT2D eigenvalue weighted by Gasteiger charge is 2.33. The van der Waals surface area contributed by atoms with Crippen molar-refractivity contribution in [3.05, 3.63) is 0 Å². The average molecular weight is 284 g/mol. The van der Waals surface area contributed by atoms with E-state index in [0.717, 1.165) is 19.4 Å². The van der Waals surface area contributed by atoms with E-state index in [9.17, 15) is 9.59 Å². The molecular weight excluding hydrogens is 260 g/mol. The molecule has 2 aliphatic rings. The number of hydrogen-bond donors (Lipinski definition) is 0. The zero-order chi connectivity index (χ0) is 14.5. The summed E-state index contributed by atoms with van der Waals surface area (Å²) in [6, 6.07) is -0.278. The number of likely N-dealkylation sites (tertiary alicyclic amines) is 1. The molecule has 1 amide bonds. The molecule has 0 saturated carbocycles. The molecule has 0 N–H and O–H groups in total. The van der Waals surface area contributed by atoms with E-state index in [0.29, 0.717) is 32.8 Å². The van der Waals surface area contributed by atoms with Crippen molar-refractivity contribution in [1.29, 1.82) is 0 Å². The third kappa shape index (κ3) is 3.49. The van der Waals surface area contributed by atoms with Gasteiger partial charge in [0.25, 0.3) is 0 Å². The first-order chi connectivity index (χ1) is 9.63. The molecule has 6 nitrogen and oxygen atoms in total. The van der Waals surface area contributed by atoms with E-state index in [4.69, 9.17) is 9.47 Å². The average Bonchev–Trinajstić information content (AvgIpc) is 2.53. The van der Waals surface area contributed by atoms with Gasteiger partial charge in [-0.15, -0.1) is 0 Å². The van der Waals surface area contributed by atoms with Gasteiger partial charge in [0.05, 0.1) is 26.2 Å². The molecule has 0 aliphatic carbocycles. The van der Waals surface area contributed by atoms with Gasteiger partial charge in [0.1, 0.15) is 6.04 Å². The summed E-state index contributed by atoms with van der Waals surface area (Å²) in [5, 5.41) is 0. The molecule has 2 saturated heterocycles. The quantitative estimate of drug-likeness (QED) is 0.689. The van der Waals surface area contributed by atoms with Gasteiger partial charge in [-0.3, -0.25) is 14.5 Å². The van der Waals surface area contributed by atoms with E-state index >= 15 is 0 Å². The summed E-state index contributed by atoms with van der Waals surface area (Å²) in [7, 11) is 1.40. The molecule has 2 aliphatic heterocycles. The lowest BCUT2D eigenvalue weighted by atomic mass is 9.95. The summed E-state index contributed by atoms with van der Waals surface area (Å²) in [6.07, 6.45) is 1.85. The van der Waals surface area contributed by atoms with Crippen molar-refractivity contribution in [1.82, 2.24) is 9.80 Å². The van der Waals surface area contributed by atoms with Gasteiger partial charge in [-0.05, 0) is 26.3 Å². The standard InChI is InChI=1S/C14H24N2O4/c1-11(14(18)19-2)16-5-3-4-12(10-16)13(17)15-6-8-20-9-7-15/h11-12H,3-10H2,1-2H3. The van der Waals surface area contributed by atoms with Gasteiger partial charge in [0.15, 0.2) is 0 Å². The zero-order valence-corrected chi connectivity index (χ0v) is 12.3. The normalized spacial score (nSPS) is 26.1. The molecule has 6 heteroatoms. The van der Waals surface area contributed by atoms with Crippen LogP contribution in [0.4, 0.5) is 0 Å². The van der Waals surface area contributed by atoms with Crippen molar-refractivity contribution < 1.29 is 19.1 Å². The SMILES string of the molecule is COC(=O)C(C)N1CCCC(C(=O)N2CCOCC2)C1. The first-order valence-electron chi connectivity index (χ1n) is 7.32. The largest absolute Gasteiger partial charge is 0.468 e. The third-order valence-electron chi connectivity index (χ3n) is 4.21. The number of hydrogen-bond acceptors (Lipinski definition) is 5. The van der Waals surface area contributed by atoms with E-state index in [1.165, 1.54) is 7.11 Å². The monoisotopic (exact) mass is 284 g/mol. The lowest BCUT2D eigenvalue weighted by molar-refractivity contribution is -0.150. The van der Waals surface area contributed by atoms with E-state index in [1.807, 2.05) is 11.8 Å². The second kappa shape index (κ2) is 7.04. The van der Waals surface area contributed by atoms with E-state index in [1.54, 1.807) is 0 Å². The predicted octanol–water partition coefficient (Wildman–Crippen LogP) is 0.119. The fourth-order valence-electron chi connectivity index (χ4n) is 2.92. The van der Waals surface area contributed by atoms with Gasteiger partial charge in [0.2, 0.25) is 5.91 Å². The Kier molecular flexibility index (Phi) is 5.37. The Morgan fingerprint density at radius 3 is 2.60 bits per heavy atom. The molecule has 0 bridgehead atoms. The van der Waals surface area contributed by atoms with Crippen molar-refractivity contribution >= 4 is 11.9 Å². The number of esters is 1. The number of methoxy groups -OCH3 is 1. The van der Waals surface area contributed by atoms with Crippen LogP contribution in [0.15, 0.2) is 0 Å². The molecule has 0 aromatic heterocycles. The highest BCUT2D eigenvalue weighted by atomic mass is 16.5. The summed E-state index contributed by atoms with van der Waals surface area (Å²) in [6.45, 7) is 5.95. The number of ether oxygens (including phenoxy) is 2. The highest BCUT2D eigenvalue weighted by Crippen LogP contribution is 2.21. The topological polar surface area (TPSA) is 59.1 Å². The van der Waals surface area contributed by atoms with Crippen molar-refractivity contribution in [2.75, 3.05) is 46.5 Å². The molecule has 0 spiro atoms. The number of amides is 1. The predicted molar refractivity (Wildman–Crippen MR) is 73.2 cm³/mol. The van der Waals surface area contributed by atoms with Crippen LogP contribution in [0.2, 0.25) is 0 Å². The van der Waals surface area contributed by atoms with Gasteiger partial charge in [-0.2, -0.15) is 0 Å². The summed E-state index contributed by atoms with van der Waals surface area (Å²) in [4.78, 5) is 28.0. The van der Waals surface area contributed by atoms with Crippen LogP contribution in [0.1, 0.15) is 19.8 Å². The Morgan fingerprint density at radius 2 is 1.95 bits per heavy atom. The van der Waals surface area contributed by atoms with Crippen molar-refractivity contribution in [2.45, 2.75) is 25.8 Å². The van der Waals surface area contributed by atoms with Crippen LogP contribution >= 0.6 is 0 Å². The second-order valence-electron chi connectivity index (χ2n) is 5.47. The number of morpholine rings is 1. The molecule has 2 unspecified atom stereocenters. The Bertz CT molecular complexity index is 355. The molecule has 114 valence electrons. The molecule has 2 rings (SSSR count). The minimum absolute atomic E-state index is 0.00560. The number of nitrogens with zero attached hydrogens (tertiary/aromatic N) is 2. The summed E-state index contributed by atoms with van der Waals surface area (Å²) in [5.41, 5.74) is 0. The zero-order valence-electron chi connectivity index (χ0n) is 12.3. The first kappa shape index (κ1) is 15.3. The van der Waals surface area contributed by atoms with Crippen LogP contribution in [-0.2, 0) is 19.1 Å². The van der Waals surface area contributed by atoms with Crippen LogP contribution < -0.4 is 0 Å².